The van der Waals surface area contributed by atoms with Crippen LogP contribution in [0.5, 0.6) is 17.2 Å². The fourth-order valence-electron chi connectivity index (χ4n) is 9.11. The molecule has 1 heterocycles. The van der Waals surface area contributed by atoms with Crippen LogP contribution >= 0.6 is 0 Å². The highest BCUT2D eigenvalue weighted by atomic mass is 16.4. The van der Waals surface area contributed by atoms with E-state index in [1.54, 1.807) is 44.3 Å². The number of para-hydroxylation sites is 1. The maximum atomic E-state index is 14.7. The van der Waals surface area contributed by atoms with Crippen molar-refractivity contribution in [2.75, 3.05) is 6.61 Å². The number of primary amides is 1. The van der Waals surface area contributed by atoms with Crippen LogP contribution in [0.1, 0.15) is 76.1 Å². The van der Waals surface area contributed by atoms with E-state index in [2.05, 4.69) is 47.5 Å². The Bertz CT molecular complexity index is 3110. The Hall–Kier alpha value is -9.52. The molecule has 1 aromatic heterocycles. The summed E-state index contributed by atoms with van der Waals surface area (Å²) in [7, 11) is 0. The van der Waals surface area contributed by atoms with Gasteiger partial charge < -0.3 is 78.8 Å². The minimum atomic E-state index is -1.81. The van der Waals surface area contributed by atoms with Gasteiger partial charge in [0.1, 0.15) is 65.6 Å². The minimum Gasteiger partial charge on any atom is -0.508 e. The molecule has 5 aromatic rings. The van der Waals surface area contributed by atoms with Crippen LogP contribution < -0.4 is 48.3 Å². The van der Waals surface area contributed by atoms with Gasteiger partial charge in [0.25, 0.3) is 0 Å². The summed E-state index contributed by atoms with van der Waals surface area (Å²) in [5.74, 6) is -10.4. The second-order valence-corrected chi connectivity index (χ2v) is 21.3. The second-order valence-electron chi connectivity index (χ2n) is 21.3. The van der Waals surface area contributed by atoms with E-state index in [9.17, 15) is 73.5 Å². The van der Waals surface area contributed by atoms with Crippen molar-refractivity contribution in [1.29, 1.82) is 0 Å². The van der Waals surface area contributed by atoms with E-state index in [1.165, 1.54) is 79.7 Å². The number of benzene rings is 4. The van der Waals surface area contributed by atoms with E-state index >= 15 is 0 Å². The lowest BCUT2D eigenvalue weighted by atomic mass is 9.99. The smallest absolute Gasteiger partial charge is 0.326 e. The number of aliphatic hydroxyl groups excluding tert-OH is 1. The third kappa shape index (κ3) is 20.5. The van der Waals surface area contributed by atoms with Gasteiger partial charge in [-0.3, -0.25) is 43.2 Å². The molecule has 0 spiro atoms. The Morgan fingerprint density at radius 3 is 1.15 bits per heavy atom. The number of phenolic OH excluding ortho intramolecular Hbond substituents is 3. The lowest BCUT2D eigenvalue weighted by molar-refractivity contribution is -0.143. The molecule has 0 radical (unpaired) electrons. The number of hydrogen-bond acceptors (Lipinski definition) is 14. The quantitative estimate of drug-likeness (QED) is 0.0287. The molecule has 450 valence electrons. The number of rotatable bonds is 31. The molecular weight excluding hydrogens is 1090 g/mol. The van der Waals surface area contributed by atoms with Gasteiger partial charge in [0.2, 0.25) is 53.2 Å². The van der Waals surface area contributed by atoms with Crippen molar-refractivity contribution in [1.82, 2.24) is 47.5 Å². The molecule has 16 N–H and O–H groups in total. The van der Waals surface area contributed by atoms with Crippen molar-refractivity contribution in [2.24, 2.45) is 17.6 Å². The Balaban J connectivity index is 1.44. The molecule has 9 amide bonds. The summed E-state index contributed by atoms with van der Waals surface area (Å²) >= 11 is 0. The molecule has 4 aromatic carbocycles. The van der Waals surface area contributed by atoms with Crippen LogP contribution in [0, 0.1) is 11.8 Å². The maximum Gasteiger partial charge on any atom is 0.326 e. The van der Waals surface area contributed by atoms with Crippen LogP contribution in [0.25, 0.3) is 10.9 Å². The predicted molar refractivity (Wildman–Crippen MR) is 306 cm³/mol. The number of carbonyl (C=O) groups excluding carboxylic acids is 9. The summed E-state index contributed by atoms with van der Waals surface area (Å²) in [4.78, 5) is 139. The van der Waals surface area contributed by atoms with Crippen LogP contribution in [0.15, 0.2) is 103 Å². The van der Waals surface area contributed by atoms with Gasteiger partial charge >= 0.3 is 5.97 Å². The number of hydrogen-bond donors (Lipinski definition) is 15. The highest BCUT2D eigenvalue weighted by Crippen LogP contribution is 2.21. The highest BCUT2D eigenvalue weighted by molar-refractivity contribution is 5.99. The standard InChI is InChI=1S/C59H74N10O15/c1-31(2)22-43(62-33(5)71)52(76)64-45(24-34-10-16-38(72)17-11-34)55(79)67-48(27-37-29-61-42-9-7-6-8-41(37)42)57(81)69-50(30-70)58(82)66-46(25-35-12-18-39(73)19-13-35)54(78)63-44(23-32(3)4)53(77)65-47(26-36-14-20-40(74)21-15-36)56(80)68-49(59(83)84)28-51(60)75/h6-21,29,31-32,43-50,61,70,72-74H,22-28,30H2,1-5H3,(H2,60,75)(H,62,71)(H,63,78)(H,64,76)(H,65,77)(H,66,82)(H,67,79)(H,68,80)(H,69,81)(H,83,84)/t43-,44-,45-,46-,47-,48-,49-,50-/m0/s1. The average molecular weight is 1160 g/mol. The van der Waals surface area contributed by atoms with Crippen LogP contribution in [0.3, 0.4) is 0 Å². The number of amides is 9. The molecule has 0 fully saturated rings. The van der Waals surface area contributed by atoms with Gasteiger partial charge in [-0.1, -0.05) is 82.3 Å². The number of nitrogens with two attached hydrogens (primary N) is 1. The summed E-state index contributed by atoms with van der Waals surface area (Å²) < 4.78 is 0. The summed E-state index contributed by atoms with van der Waals surface area (Å²) in [6.45, 7) is 7.35. The number of nitrogens with one attached hydrogen (secondary N) is 9. The average Bonchev–Trinajstić information content (AvgIpc) is 4.10. The zero-order valence-corrected chi connectivity index (χ0v) is 47.1. The van der Waals surface area contributed by atoms with E-state index in [0.29, 0.717) is 33.2 Å². The van der Waals surface area contributed by atoms with Crippen LogP contribution in [-0.4, -0.2) is 145 Å². The monoisotopic (exact) mass is 1160 g/mol. The number of aromatic hydroxyl groups is 3. The number of phenols is 3. The molecule has 0 saturated heterocycles. The summed E-state index contributed by atoms with van der Waals surface area (Å²) in [6, 6.07) is 12.0. The molecule has 0 aliphatic rings. The first kappa shape index (κ1) is 65.3. The number of carboxylic acids is 1. The normalized spacial score (nSPS) is 14.0. The SMILES string of the molecule is CC(=O)N[C@@H](CC(C)C)C(=O)N[C@@H](Cc1ccc(O)cc1)C(=O)N[C@@H](Cc1c[nH]c2ccccc12)C(=O)N[C@@H](CO)C(=O)N[C@@H](Cc1ccc(O)cc1)C(=O)N[C@@H](CC(C)C)C(=O)N[C@@H](Cc1ccc(O)cc1)C(=O)N[C@@H](CC(N)=O)C(=O)O. The fourth-order valence-corrected chi connectivity index (χ4v) is 9.11. The molecule has 8 atom stereocenters. The van der Waals surface area contributed by atoms with Crippen LogP contribution in [-0.2, 0) is 73.6 Å². The molecule has 0 unspecified atom stereocenters. The summed E-state index contributed by atoms with van der Waals surface area (Å²) in [6.07, 6.45) is 0.0734. The molecule has 84 heavy (non-hydrogen) atoms. The van der Waals surface area contributed by atoms with E-state index in [1.807, 2.05) is 13.8 Å². The van der Waals surface area contributed by atoms with E-state index in [-0.39, 0.29) is 67.6 Å². The number of aliphatic hydroxyl groups is 1. The van der Waals surface area contributed by atoms with Gasteiger partial charge in [-0.05, 0) is 89.4 Å². The van der Waals surface area contributed by atoms with E-state index in [4.69, 9.17) is 5.73 Å². The van der Waals surface area contributed by atoms with Crippen molar-refractivity contribution >= 4 is 70.0 Å². The zero-order valence-electron chi connectivity index (χ0n) is 47.1. The van der Waals surface area contributed by atoms with Gasteiger partial charge in [-0.25, -0.2) is 4.79 Å². The number of carbonyl (C=O) groups is 10. The van der Waals surface area contributed by atoms with Gasteiger partial charge in [-0.15, -0.1) is 0 Å². The van der Waals surface area contributed by atoms with Gasteiger partial charge in [0.15, 0.2) is 0 Å². The second kappa shape index (κ2) is 31.1. The fraction of sp³-hybridized carbons (Fsp3) is 0.390. The molecule has 25 heteroatoms. The number of aliphatic carboxylic acids is 1. The Kier molecular flexibility index (Phi) is 24.1. The first-order chi connectivity index (χ1) is 39.8. The predicted octanol–water partition coefficient (Wildman–Crippen LogP) is 0.498. The highest BCUT2D eigenvalue weighted by Gasteiger charge is 2.36. The van der Waals surface area contributed by atoms with Gasteiger partial charge in [0, 0.05) is 49.7 Å². The van der Waals surface area contributed by atoms with Crippen LogP contribution in [0.2, 0.25) is 0 Å². The number of H-pyrrole nitrogens is 1. The van der Waals surface area contributed by atoms with Crippen molar-refractivity contribution < 1.29 is 73.5 Å². The van der Waals surface area contributed by atoms with Gasteiger partial charge in [-0.2, -0.15) is 0 Å². The topological polar surface area (TPSA) is 410 Å². The molecule has 5 rings (SSSR count). The Labute approximate surface area is 484 Å². The Morgan fingerprint density at radius 1 is 0.452 bits per heavy atom. The number of carboxylic acid groups (broad SMARTS) is 1. The molecule has 0 bridgehead atoms. The first-order valence-electron chi connectivity index (χ1n) is 27.2. The van der Waals surface area contributed by atoms with Crippen molar-refractivity contribution in [3.05, 3.63) is 126 Å². The molecular formula is C59H74N10O15. The Morgan fingerprint density at radius 2 is 0.786 bits per heavy atom. The third-order valence-electron chi connectivity index (χ3n) is 13.3. The lowest BCUT2D eigenvalue weighted by Crippen LogP contribution is -2.61. The van der Waals surface area contributed by atoms with Crippen molar-refractivity contribution in [3.8, 4) is 17.2 Å². The number of aromatic nitrogens is 1. The molecule has 0 aliphatic carbocycles. The minimum absolute atomic E-state index is 0.0589. The molecule has 0 saturated carbocycles. The summed E-state index contributed by atoms with van der Waals surface area (Å²) in [5.41, 5.74) is 7.75. The lowest BCUT2D eigenvalue weighted by Gasteiger charge is -2.28. The maximum absolute atomic E-state index is 14.7. The summed E-state index contributed by atoms with van der Waals surface area (Å²) in [5, 5.41) is 71.6. The molecule has 0 aliphatic heterocycles. The van der Waals surface area contributed by atoms with Crippen LogP contribution in [0.4, 0.5) is 0 Å². The van der Waals surface area contributed by atoms with E-state index in [0.717, 1.165) is 0 Å². The largest absolute Gasteiger partial charge is 0.508 e. The van der Waals surface area contributed by atoms with Crippen molar-refractivity contribution in [3.63, 3.8) is 0 Å². The molecule has 25 nitrogen and oxygen atoms in total. The number of aromatic amines is 1. The van der Waals surface area contributed by atoms with Gasteiger partial charge in [0.05, 0.1) is 13.0 Å². The third-order valence-corrected chi connectivity index (χ3v) is 13.3. The number of fused-ring (bicyclic) bond motifs is 1. The van der Waals surface area contributed by atoms with Crippen molar-refractivity contribution in [2.45, 2.75) is 128 Å². The first-order valence-corrected chi connectivity index (χ1v) is 27.2. The zero-order chi connectivity index (χ0) is 61.8. The van der Waals surface area contributed by atoms with E-state index < -0.39 is 120 Å².